The monoisotopic (exact) mass is 954 g/mol. The smallest absolute Gasteiger partial charge is 0.220 e. The molecule has 12 atom stereocenters. The standard InChI is InChI=1S/C53H95NO13/c1-3-5-7-9-11-13-15-17-18-19-20-21-22-23-25-26-28-30-32-34-36-42(57)41(54-45(58)37-35-33-31-29-27-24-16-14-12-10-8-6-4-2)40-64-52-50(63)48(61)51(44(39-56)66-52)67-53-49(62)47(60)46(59)43(38-55)65-53/h14,16,21-22,26,28,34,36,41-44,46-53,55-57,59-63H,3-13,15,17-20,23-25,27,29-33,35,37-40H2,1-2H3,(H,54,58)/b16-14-,22-21+,28-26+,36-34+. The fraction of sp³-hybridized carbons (Fsp3) is 0.830. The Kier molecular flexibility index (Phi) is 36.1. The summed E-state index contributed by atoms with van der Waals surface area (Å²) in [6, 6.07) is -0.941. The summed E-state index contributed by atoms with van der Waals surface area (Å²) in [6.45, 7) is 2.73. The zero-order valence-electron chi connectivity index (χ0n) is 41.4. The second-order valence-corrected chi connectivity index (χ2v) is 18.6. The number of hydrogen-bond donors (Lipinski definition) is 9. The predicted molar refractivity (Wildman–Crippen MR) is 263 cm³/mol. The molecule has 2 fully saturated rings. The van der Waals surface area contributed by atoms with E-state index in [0.717, 1.165) is 64.2 Å². The molecule has 2 rings (SSSR count). The van der Waals surface area contributed by atoms with E-state index in [-0.39, 0.29) is 18.9 Å². The molecule has 0 aromatic rings. The van der Waals surface area contributed by atoms with Gasteiger partial charge in [0.05, 0.1) is 32.0 Å². The van der Waals surface area contributed by atoms with Crippen molar-refractivity contribution < 1.29 is 64.6 Å². The zero-order valence-corrected chi connectivity index (χ0v) is 41.4. The third-order valence-electron chi connectivity index (χ3n) is 12.7. The largest absolute Gasteiger partial charge is 0.394 e. The first-order chi connectivity index (χ1) is 32.6. The minimum atomic E-state index is -1.79. The Bertz CT molecular complexity index is 1310. The second kappa shape index (κ2) is 39.6. The number of ether oxygens (including phenoxy) is 4. The van der Waals surface area contributed by atoms with E-state index in [1.54, 1.807) is 6.08 Å². The van der Waals surface area contributed by atoms with Crippen LogP contribution in [0, 0.1) is 0 Å². The number of rotatable bonds is 40. The molecule has 67 heavy (non-hydrogen) atoms. The van der Waals surface area contributed by atoms with Crippen molar-refractivity contribution in [2.24, 2.45) is 0 Å². The SMILES string of the molecule is CCCCCC/C=C\CCCCCCCC(=O)NC(COC1OC(CO)C(OC2OC(CO)C(O)C(O)C2O)C(O)C1O)C(O)/C=C/CC/C=C/CC/C=C/CCCCCCCCCCCC. The number of aliphatic hydroxyl groups is 8. The number of amides is 1. The van der Waals surface area contributed by atoms with E-state index in [2.05, 4.69) is 55.6 Å². The summed E-state index contributed by atoms with van der Waals surface area (Å²) in [5.74, 6) is -0.265. The molecule has 0 aromatic heterocycles. The van der Waals surface area contributed by atoms with Crippen molar-refractivity contribution in [1.82, 2.24) is 5.32 Å². The van der Waals surface area contributed by atoms with E-state index < -0.39 is 86.8 Å². The van der Waals surface area contributed by atoms with E-state index in [1.807, 2.05) is 6.08 Å². The minimum absolute atomic E-state index is 0.259. The molecule has 2 aliphatic rings. The number of unbranched alkanes of at least 4 members (excludes halogenated alkanes) is 21. The number of aliphatic hydroxyl groups excluding tert-OH is 8. The fourth-order valence-corrected chi connectivity index (χ4v) is 8.37. The first-order valence-corrected chi connectivity index (χ1v) is 26.4. The Morgan fingerprint density at radius 2 is 0.955 bits per heavy atom. The summed E-state index contributed by atoms with van der Waals surface area (Å²) in [7, 11) is 0. The molecule has 0 aromatic carbocycles. The zero-order chi connectivity index (χ0) is 48.9. The van der Waals surface area contributed by atoms with Crippen molar-refractivity contribution in [3.8, 4) is 0 Å². The van der Waals surface area contributed by atoms with Crippen LogP contribution in [0.5, 0.6) is 0 Å². The lowest BCUT2D eigenvalue weighted by Crippen LogP contribution is -2.65. The Labute approximate surface area is 403 Å². The molecule has 0 bridgehead atoms. The van der Waals surface area contributed by atoms with Crippen LogP contribution in [0.25, 0.3) is 0 Å². The molecule has 2 saturated heterocycles. The summed E-state index contributed by atoms with van der Waals surface area (Å²) >= 11 is 0. The first-order valence-electron chi connectivity index (χ1n) is 26.4. The van der Waals surface area contributed by atoms with E-state index in [0.29, 0.717) is 12.8 Å². The lowest BCUT2D eigenvalue weighted by molar-refractivity contribution is -0.359. The van der Waals surface area contributed by atoms with Gasteiger partial charge in [0.25, 0.3) is 0 Å². The molecule has 14 heteroatoms. The molecule has 0 radical (unpaired) electrons. The highest BCUT2D eigenvalue weighted by atomic mass is 16.7. The van der Waals surface area contributed by atoms with Gasteiger partial charge < -0.3 is 65.1 Å². The van der Waals surface area contributed by atoms with Crippen LogP contribution in [0.4, 0.5) is 0 Å². The van der Waals surface area contributed by atoms with Crippen molar-refractivity contribution in [3.05, 3.63) is 48.6 Å². The van der Waals surface area contributed by atoms with Gasteiger partial charge in [0.2, 0.25) is 5.91 Å². The molecule has 0 saturated carbocycles. The van der Waals surface area contributed by atoms with Crippen molar-refractivity contribution in [3.63, 3.8) is 0 Å². The van der Waals surface area contributed by atoms with Gasteiger partial charge in [-0.2, -0.15) is 0 Å². The molecular formula is C53H95NO13. The van der Waals surface area contributed by atoms with Gasteiger partial charge in [-0.25, -0.2) is 0 Å². The molecule has 0 spiro atoms. The van der Waals surface area contributed by atoms with Gasteiger partial charge in [0.1, 0.15) is 48.8 Å². The van der Waals surface area contributed by atoms with E-state index in [1.165, 1.54) is 89.9 Å². The van der Waals surface area contributed by atoms with Gasteiger partial charge in [0, 0.05) is 6.42 Å². The van der Waals surface area contributed by atoms with Gasteiger partial charge in [0.15, 0.2) is 12.6 Å². The second-order valence-electron chi connectivity index (χ2n) is 18.6. The lowest BCUT2D eigenvalue weighted by atomic mass is 9.97. The molecular weight excluding hydrogens is 859 g/mol. The fourth-order valence-electron chi connectivity index (χ4n) is 8.37. The van der Waals surface area contributed by atoms with Crippen LogP contribution in [0.1, 0.15) is 187 Å². The number of carbonyl (C=O) groups excluding carboxylic acids is 1. The molecule has 390 valence electrons. The number of nitrogens with one attached hydrogen (secondary N) is 1. The molecule has 2 heterocycles. The third-order valence-corrected chi connectivity index (χ3v) is 12.7. The van der Waals surface area contributed by atoms with Crippen molar-refractivity contribution in [2.45, 2.75) is 261 Å². The maximum absolute atomic E-state index is 13.2. The van der Waals surface area contributed by atoms with Crippen molar-refractivity contribution in [1.29, 1.82) is 0 Å². The maximum atomic E-state index is 13.2. The Morgan fingerprint density at radius 3 is 1.48 bits per heavy atom. The lowest BCUT2D eigenvalue weighted by Gasteiger charge is -2.46. The quantitative estimate of drug-likeness (QED) is 0.0218. The average Bonchev–Trinajstić information content (AvgIpc) is 3.32. The number of carbonyl (C=O) groups is 1. The van der Waals surface area contributed by atoms with Crippen molar-refractivity contribution >= 4 is 5.91 Å². The van der Waals surface area contributed by atoms with Crippen LogP contribution in [0.2, 0.25) is 0 Å². The van der Waals surface area contributed by atoms with Crippen LogP contribution in [0.15, 0.2) is 48.6 Å². The third kappa shape index (κ3) is 26.7. The number of allylic oxidation sites excluding steroid dienone is 7. The molecule has 0 aliphatic carbocycles. The highest BCUT2D eigenvalue weighted by molar-refractivity contribution is 5.76. The molecule has 9 N–H and O–H groups in total. The highest BCUT2D eigenvalue weighted by Gasteiger charge is 2.51. The highest BCUT2D eigenvalue weighted by Crippen LogP contribution is 2.30. The van der Waals surface area contributed by atoms with Crippen LogP contribution in [-0.2, 0) is 23.7 Å². The summed E-state index contributed by atoms with van der Waals surface area (Å²) < 4.78 is 22.7. The molecule has 12 unspecified atom stereocenters. The van der Waals surface area contributed by atoms with Crippen molar-refractivity contribution in [2.75, 3.05) is 19.8 Å². The van der Waals surface area contributed by atoms with Gasteiger partial charge in [-0.1, -0.05) is 159 Å². The van der Waals surface area contributed by atoms with Crippen LogP contribution in [0.3, 0.4) is 0 Å². The topological polar surface area (TPSA) is 228 Å². The summed E-state index contributed by atoms with van der Waals surface area (Å²) in [5, 5.41) is 86.7. The van der Waals surface area contributed by atoms with Gasteiger partial charge >= 0.3 is 0 Å². The molecule has 2 aliphatic heterocycles. The van der Waals surface area contributed by atoms with Gasteiger partial charge in [-0.15, -0.1) is 0 Å². The minimum Gasteiger partial charge on any atom is -0.394 e. The van der Waals surface area contributed by atoms with E-state index >= 15 is 0 Å². The molecule has 1 amide bonds. The van der Waals surface area contributed by atoms with E-state index in [4.69, 9.17) is 18.9 Å². The Hall–Kier alpha value is -2.05. The van der Waals surface area contributed by atoms with Crippen LogP contribution < -0.4 is 5.32 Å². The number of hydrogen-bond acceptors (Lipinski definition) is 13. The Balaban J connectivity index is 1.86. The first kappa shape index (κ1) is 61.1. The van der Waals surface area contributed by atoms with Crippen LogP contribution in [-0.4, -0.2) is 140 Å². The van der Waals surface area contributed by atoms with Gasteiger partial charge in [-0.3, -0.25) is 4.79 Å². The van der Waals surface area contributed by atoms with E-state index in [9.17, 15) is 45.6 Å². The summed E-state index contributed by atoms with van der Waals surface area (Å²) in [6.07, 6.45) is 30.1. The molecule has 14 nitrogen and oxygen atoms in total. The summed E-state index contributed by atoms with van der Waals surface area (Å²) in [5.41, 5.74) is 0. The Morgan fingerprint density at radius 1 is 0.522 bits per heavy atom. The summed E-state index contributed by atoms with van der Waals surface area (Å²) in [4.78, 5) is 13.2. The maximum Gasteiger partial charge on any atom is 0.220 e. The normalized spacial score (nSPS) is 27.0. The predicted octanol–water partition coefficient (Wildman–Crippen LogP) is 7.27. The van der Waals surface area contributed by atoms with Gasteiger partial charge in [-0.05, 0) is 70.6 Å². The average molecular weight is 954 g/mol. The van der Waals surface area contributed by atoms with Crippen LogP contribution >= 0.6 is 0 Å².